The van der Waals surface area contributed by atoms with Gasteiger partial charge < -0.3 is 5.32 Å². The number of halogens is 1. The summed E-state index contributed by atoms with van der Waals surface area (Å²) in [6, 6.07) is 12.5. The Labute approximate surface area is 128 Å². The van der Waals surface area contributed by atoms with Crippen LogP contribution in [0.3, 0.4) is 0 Å². The minimum atomic E-state index is -0.212. The highest BCUT2D eigenvalue weighted by molar-refractivity contribution is 6.29. The van der Waals surface area contributed by atoms with Crippen molar-refractivity contribution >= 4 is 17.5 Å². The monoisotopic (exact) mass is 299 g/mol. The fourth-order valence-corrected chi connectivity index (χ4v) is 2.12. The average molecular weight is 300 g/mol. The summed E-state index contributed by atoms with van der Waals surface area (Å²) in [6.07, 6.45) is 0.713. The SMILES string of the molecule is CCc1cc(C(=O)NCc2cccc(C#N)c2)cc(Cl)n1. The van der Waals surface area contributed by atoms with Crippen LogP contribution in [0.5, 0.6) is 0 Å². The Hall–Kier alpha value is -2.38. The third-order valence-corrected chi connectivity index (χ3v) is 3.17. The molecule has 0 atom stereocenters. The Morgan fingerprint density at radius 2 is 2.19 bits per heavy atom. The van der Waals surface area contributed by atoms with Gasteiger partial charge in [-0.3, -0.25) is 4.79 Å². The Balaban J connectivity index is 2.08. The van der Waals surface area contributed by atoms with E-state index in [0.717, 1.165) is 11.3 Å². The molecule has 0 saturated heterocycles. The summed E-state index contributed by atoms with van der Waals surface area (Å²) in [7, 11) is 0. The van der Waals surface area contributed by atoms with Gasteiger partial charge in [-0.15, -0.1) is 0 Å². The van der Waals surface area contributed by atoms with Crippen LogP contribution < -0.4 is 5.32 Å². The van der Waals surface area contributed by atoms with Crippen molar-refractivity contribution in [2.75, 3.05) is 0 Å². The zero-order valence-corrected chi connectivity index (χ0v) is 12.3. The highest BCUT2D eigenvalue weighted by Gasteiger charge is 2.08. The molecule has 5 heteroatoms. The van der Waals surface area contributed by atoms with Crippen LogP contribution in [0.15, 0.2) is 36.4 Å². The zero-order chi connectivity index (χ0) is 15.2. The molecule has 21 heavy (non-hydrogen) atoms. The first-order valence-corrected chi connectivity index (χ1v) is 6.94. The number of nitrogens with one attached hydrogen (secondary N) is 1. The summed E-state index contributed by atoms with van der Waals surface area (Å²) in [4.78, 5) is 16.3. The molecular weight excluding hydrogens is 286 g/mol. The highest BCUT2D eigenvalue weighted by Crippen LogP contribution is 2.12. The number of nitrogens with zero attached hydrogens (tertiary/aromatic N) is 2. The highest BCUT2D eigenvalue weighted by atomic mass is 35.5. The van der Waals surface area contributed by atoms with Gasteiger partial charge in [0.15, 0.2) is 0 Å². The van der Waals surface area contributed by atoms with E-state index < -0.39 is 0 Å². The number of rotatable bonds is 4. The molecule has 0 aliphatic carbocycles. The molecule has 0 unspecified atom stereocenters. The molecule has 0 fully saturated rings. The molecular formula is C16H14ClN3O. The molecule has 1 aromatic heterocycles. The fourth-order valence-electron chi connectivity index (χ4n) is 1.90. The second-order valence-corrected chi connectivity index (χ2v) is 4.91. The largest absolute Gasteiger partial charge is 0.348 e. The van der Waals surface area contributed by atoms with Crippen molar-refractivity contribution < 1.29 is 4.79 Å². The van der Waals surface area contributed by atoms with Crippen molar-refractivity contribution in [2.24, 2.45) is 0 Å². The van der Waals surface area contributed by atoms with E-state index in [4.69, 9.17) is 16.9 Å². The van der Waals surface area contributed by atoms with Gasteiger partial charge in [-0.25, -0.2) is 4.98 Å². The molecule has 4 nitrogen and oxygen atoms in total. The van der Waals surface area contributed by atoms with Gasteiger partial charge in [0.1, 0.15) is 5.15 Å². The topological polar surface area (TPSA) is 65.8 Å². The molecule has 2 rings (SSSR count). The molecule has 106 valence electrons. The number of aromatic nitrogens is 1. The van der Waals surface area contributed by atoms with Gasteiger partial charge in [-0.2, -0.15) is 5.26 Å². The number of hydrogen-bond donors (Lipinski definition) is 1. The van der Waals surface area contributed by atoms with Crippen LogP contribution >= 0.6 is 11.6 Å². The van der Waals surface area contributed by atoms with Crippen LogP contribution in [0.25, 0.3) is 0 Å². The van der Waals surface area contributed by atoms with Crippen LogP contribution in [0.1, 0.15) is 34.1 Å². The number of hydrogen-bond acceptors (Lipinski definition) is 3. The third kappa shape index (κ3) is 4.04. The first kappa shape index (κ1) is 15.0. The minimum absolute atomic E-state index is 0.212. The number of carbonyl (C=O) groups is 1. The van der Waals surface area contributed by atoms with Crippen LogP contribution in [-0.2, 0) is 13.0 Å². The Morgan fingerprint density at radius 3 is 2.90 bits per heavy atom. The van der Waals surface area contributed by atoms with Crippen molar-refractivity contribution in [1.29, 1.82) is 5.26 Å². The first-order valence-electron chi connectivity index (χ1n) is 6.56. The number of benzene rings is 1. The van der Waals surface area contributed by atoms with Crippen molar-refractivity contribution in [1.82, 2.24) is 10.3 Å². The number of aryl methyl sites for hydroxylation is 1. The summed E-state index contributed by atoms with van der Waals surface area (Å²) >= 11 is 5.90. The van der Waals surface area contributed by atoms with Gasteiger partial charge in [0.05, 0.1) is 11.6 Å². The Morgan fingerprint density at radius 1 is 1.38 bits per heavy atom. The summed E-state index contributed by atoms with van der Waals surface area (Å²) < 4.78 is 0. The van der Waals surface area contributed by atoms with E-state index in [9.17, 15) is 4.79 Å². The lowest BCUT2D eigenvalue weighted by Crippen LogP contribution is -2.23. The molecule has 0 radical (unpaired) electrons. The predicted molar refractivity (Wildman–Crippen MR) is 81.0 cm³/mol. The van der Waals surface area contributed by atoms with E-state index in [0.29, 0.717) is 29.2 Å². The first-order chi connectivity index (χ1) is 10.1. The molecule has 1 aromatic carbocycles. The molecule has 0 aliphatic rings. The van der Waals surface area contributed by atoms with Gasteiger partial charge >= 0.3 is 0 Å². The van der Waals surface area contributed by atoms with E-state index in [2.05, 4.69) is 16.4 Å². The summed E-state index contributed by atoms with van der Waals surface area (Å²) in [5.41, 5.74) is 2.71. The number of nitriles is 1. The van der Waals surface area contributed by atoms with Gasteiger partial charge in [-0.05, 0) is 36.2 Å². The third-order valence-electron chi connectivity index (χ3n) is 2.98. The van der Waals surface area contributed by atoms with Gasteiger partial charge in [-0.1, -0.05) is 30.7 Å². The molecule has 1 heterocycles. The minimum Gasteiger partial charge on any atom is -0.348 e. The lowest BCUT2D eigenvalue weighted by atomic mass is 10.1. The molecule has 0 spiro atoms. The van der Waals surface area contributed by atoms with Crippen LogP contribution in [0.2, 0.25) is 5.15 Å². The predicted octanol–water partition coefficient (Wildman–Crippen LogP) is 3.10. The second-order valence-electron chi connectivity index (χ2n) is 4.52. The standard InChI is InChI=1S/C16H14ClN3O/c1-2-14-7-13(8-15(17)20-14)16(21)19-10-12-5-3-4-11(6-12)9-18/h3-8H,2,10H2,1H3,(H,19,21). The van der Waals surface area contributed by atoms with Crippen molar-refractivity contribution in [3.63, 3.8) is 0 Å². The zero-order valence-electron chi connectivity index (χ0n) is 11.6. The molecule has 2 aromatic rings. The quantitative estimate of drug-likeness (QED) is 0.882. The van der Waals surface area contributed by atoms with Crippen LogP contribution in [0, 0.1) is 11.3 Å². The van der Waals surface area contributed by atoms with Gasteiger partial charge in [0.2, 0.25) is 0 Å². The molecule has 0 bridgehead atoms. The van der Waals surface area contributed by atoms with E-state index in [1.165, 1.54) is 0 Å². The maximum atomic E-state index is 12.1. The molecule has 1 N–H and O–H groups in total. The van der Waals surface area contributed by atoms with Crippen molar-refractivity contribution in [2.45, 2.75) is 19.9 Å². The fraction of sp³-hybridized carbons (Fsp3) is 0.188. The number of carbonyl (C=O) groups excluding carboxylic acids is 1. The normalized spacial score (nSPS) is 9.95. The summed E-state index contributed by atoms with van der Waals surface area (Å²) in [6.45, 7) is 2.31. The van der Waals surface area contributed by atoms with Crippen LogP contribution in [-0.4, -0.2) is 10.9 Å². The van der Waals surface area contributed by atoms with E-state index in [1.54, 1.807) is 30.3 Å². The number of amides is 1. The van der Waals surface area contributed by atoms with Crippen LogP contribution in [0.4, 0.5) is 0 Å². The number of pyridine rings is 1. The van der Waals surface area contributed by atoms with Gasteiger partial charge in [0.25, 0.3) is 5.91 Å². The summed E-state index contributed by atoms with van der Waals surface area (Å²) in [5, 5.41) is 12.0. The lowest BCUT2D eigenvalue weighted by Gasteiger charge is -2.07. The maximum absolute atomic E-state index is 12.1. The van der Waals surface area contributed by atoms with Crippen molar-refractivity contribution in [3.8, 4) is 6.07 Å². The second kappa shape index (κ2) is 6.87. The van der Waals surface area contributed by atoms with E-state index in [-0.39, 0.29) is 5.91 Å². The van der Waals surface area contributed by atoms with Gasteiger partial charge in [0, 0.05) is 17.8 Å². The van der Waals surface area contributed by atoms with Crippen molar-refractivity contribution in [3.05, 3.63) is 63.9 Å². The molecule has 1 amide bonds. The molecule has 0 aliphatic heterocycles. The average Bonchev–Trinajstić information content (AvgIpc) is 2.52. The summed E-state index contributed by atoms with van der Waals surface area (Å²) in [5.74, 6) is -0.212. The lowest BCUT2D eigenvalue weighted by molar-refractivity contribution is 0.0950. The van der Waals surface area contributed by atoms with E-state index in [1.807, 2.05) is 13.0 Å². The smallest absolute Gasteiger partial charge is 0.251 e. The van der Waals surface area contributed by atoms with E-state index >= 15 is 0 Å². The molecule has 0 saturated carbocycles. The Kier molecular flexibility index (Phi) is 4.91. The maximum Gasteiger partial charge on any atom is 0.251 e. The Bertz CT molecular complexity index is 707.